The molecule has 0 aliphatic carbocycles. The molecule has 1 aliphatic heterocycles. The molecule has 0 N–H and O–H groups in total. The van der Waals surface area contributed by atoms with Gasteiger partial charge in [0.2, 0.25) is 5.65 Å². The number of nitrogens with zero attached hydrogens (tertiary/aromatic N) is 7. The third-order valence-corrected chi connectivity index (χ3v) is 5.89. The van der Waals surface area contributed by atoms with E-state index in [0.717, 1.165) is 0 Å². The van der Waals surface area contributed by atoms with E-state index < -0.39 is 5.82 Å². The van der Waals surface area contributed by atoms with Gasteiger partial charge in [-0.1, -0.05) is 32.4 Å². The Morgan fingerprint density at radius 3 is 2.60 bits per heavy atom. The summed E-state index contributed by atoms with van der Waals surface area (Å²) in [4.78, 5) is 29.4. The molecule has 11 heteroatoms. The van der Waals surface area contributed by atoms with Crippen LogP contribution in [0.1, 0.15) is 31.1 Å². The lowest BCUT2D eigenvalue weighted by molar-refractivity contribution is 0.0744. The summed E-state index contributed by atoms with van der Waals surface area (Å²) < 4.78 is 22.4. The number of anilines is 1. The maximum atomic E-state index is 14.9. The zero-order chi connectivity index (χ0) is 24.7. The number of carbonyl (C=O) groups excluding carboxylic acids is 1. The van der Waals surface area contributed by atoms with E-state index in [1.54, 1.807) is 40.2 Å². The predicted octanol–water partition coefficient (Wildman–Crippen LogP) is 4.28. The monoisotopic (exact) mass is 497 g/mol. The summed E-state index contributed by atoms with van der Waals surface area (Å²) in [7, 11) is 0. The number of fused-ring (bicyclic) bond motifs is 1. The molecular formula is C24H25ClFN7O2. The van der Waals surface area contributed by atoms with Gasteiger partial charge in [-0.3, -0.25) is 9.48 Å². The molecule has 0 bridgehead atoms. The number of rotatable bonds is 4. The van der Waals surface area contributed by atoms with Gasteiger partial charge in [0, 0.05) is 38.3 Å². The van der Waals surface area contributed by atoms with Gasteiger partial charge in [0.05, 0.1) is 5.56 Å². The van der Waals surface area contributed by atoms with Gasteiger partial charge in [-0.2, -0.15) is 10.1 Å². The van der Waals surface area contributed by atoms with Crippen molar-refractivity contribution in [2.45, 2.75) is 27.3 Å². The lowest BCUT2D eigenvalue weighted by Gasteiger charge is -2.33. The van der Waals surface area contributed by atoms with Crippen LogP contribution in [0.2, 0.25) is 5.15 Å². The van der Waals surface area contributed by atoms with Crippen molar-refractivity contribution >= 4 is 34.8 Å². The number of oxazole rings is 1. The highest BCUT2D eigenvalue weighted by Gasteiger charge is 2.26. The summed E-state index contributed by atoms with van der Waals surface area (Å²) in [6.07, 6.45) is 1.60. The second-order valence-corrected chi connectivity index (χ2v) is 10.1. The first kappa shape index (κ1) is 23.2. The first-order valence-electron chi connectivity index (χ1n) is 11.3. The average Bonchev–Trinajstić information content (AvgIpc) is 3.44. The number of hydrogen-bond donors (Lipinski definition) is 0. The highest BCUT2D eigenvalue weighted by atomic mass is 35.5. The van der Waals surface area contributed by atoms with Crippen molar-refractivity contribution in [3.8, 4) is 11.4 Å². The lowest BCUT2D eigenvalue weighted by Crippen LogP contribution is -2.49. The Morgan fingerprint density at radius 2 is 1.89 bits per heavy atom. The molecule has 1 amide bonds. The number of aromatic nitrogens is 5. The minimum absolute atomic E-state index is 0.0227. The van der Waals surface area contributed by atoms with Gasteiger partial charge in [0.15, 0.2) is 11.4 Å². The standard InChI is InChI=1S/C24H25ClFN7O2/c1-24(2,3)13-33-14-27-20(30-33)16-5-4-15(12-17(16)26)22(34)31-8-10-32(11-9-31)23-29-21-18(35-23)6-7-19(25)28-21/h4-7,12,14H,8-11,13H2,1-3H3. The van der Waals surface area contributed by atoms with Crippen LogP contribution in [-0.4, -0.2) is 61.7 Å². The molecule has 0 atom stereocenters. The van der Waals surface area contributed by atoms with Crippen LogP contribution in [0.25, 0.3) is 22.6 Å². The predicted molar refractivity (Wildman–Crippen MR) is 130 cm³/mol. The maximum absolute atomic E-state index is 14.9. The molecule has 1 fully saturated rings. The highest BCUT2D eigenvalue weighted by molar-refractivity contribution is 6.29. The van der Waals surface area contributed by atoms with E-state index in [-0.39, 0.29) is 22.4 Å². The molecule has 35 heavy (non-hydrogen) atoms. The van der Waals surface area contributed by atoms with Crippen molar-refractivity contribution in [1.82, 2.24) is 29.6 Å². The zero-order valence-corrected chi connectivity index (χ0v) is 20.5. The van der Waals surface area contributed by atoms with E-state index in [2.05, 4.69) is 40.8 Å². The molecule has 5 rings (SSSR count). The Morgan fingerprint density at radius 1 is 1.11 bits per heavy atom. The number of piperazine rings is 1. The van der Waals surface area contributed by atoms with Gasteiger partial charge in [0.25, 0.3) is 11.9 Å². The van der Waals surface area contributed by atoms with Crippen LogP contribution < -0.4 is 4.90 Å². The van der Waals surface area contributed by atoms with Gasteiger partial charge >= 0.3 is 0 Å². The SMILES string of the molecule is CC(C)(C)Cn1cnc(-c2ccc(C(=O)N3CCN(c4nc5nc(Cl)ccc5o4)CC3)cc2F)n1. The van der Waals surface area contributed by atoms with Crippen LogP contribution in [0.5, 0.6) is 0 Å². The molecule has 1 aliphatic rings. The Kier molecular flexibility index (Phi) is 5.92. The third kappa shape index (κ3) is 4.97. The molecule has 0 spiro atoms. The Bertz CT molecular complexity index is 1390. The maximum Gasteiger partial charge on any atom is 0.300 e. The number of benzene rings is 1. The lowest BCUT2D eigenvalue weighted by atomic mass is 9.97. The first-order valence-corrected chi connectivity index (χ1v) is 11.7. The summed E-state index contributed by atoms with van der Waals surface area (Å²) in [6, 6.07) is 8.25. The fourth-order valence-corrected chi connectivity index (χ4v) is 4.16. The van der Waals surface area contributed by atoms with E-state index in [9.17, 15) is 9.18 Å². The van der Waals surface area contributed by atoms with E-state index in [0.29, 0.717) is 60.9 Å². The second kappa shape index (κ2) is 8.92. The van der Waals surface area contributed by atoms with Crippen molar-refractivity contribution in [2.24, 2.45) is 5.41 Å². The third-order valence-electron chi connectivity index (χ3n) is 5.68. The minimum Gasteiger partial charge on any atom is -0.422 e. The Hall–Kier alpha value is -3.53. The summed E-state index contributed by atoms with van der Waals surface area (Å²) in [5.74, 6) is -0.457. The quantitative estimate of drug-likeness (QED) is 0.388. The normalized spacial score (nSPS) is 14.7. The molecule has 9 nitrogen and oxygen atoms in total. The van der Waals surface area contributed by atoms with Crippen molar-refractivity contribution in [1.29, 1.82) is 0 Å². The van der Waals surface area contributed by atoms with Crippen LogP contribution in [0.3, 0.4) is 0 Å². The van der Waals surface area contributed by atoms with Crippen LogP contribution in [0, 0.1) is 11.2 Å². The van der Waals surface area contributed by atoms with Crippen molar-refractivity contribution in [3.63, 3.8) is 0 Å². The molecular weight excluding hydrogens is 473 g/mol. The van der Waals surface area contributed by atoms with Crippen LogP contribution in [-0.2, 0) is 6.54 Å². The molecule has 0 saturated carbocycles. The molecule has 0 unspecified atom stereocenters. The van der Waals surface area contributed by atoms with Gasteiger partial charge in [-0.05, 0) is 35.7 Å². The highest BCUT2D eigenvalue weighted by Crippen LogP contribution is 2.25. The van der Waals surface area contributed by atoms with Gasteiger partial charge < -0.3 is 14.2 Å². The van der Waals surface area contributed by atoms with Crippen molar-refractivity contribution < 1.29 is 13.6 Å². The van der Waals surface area contributed by atoms with E-state index in [4.69, 9.17) is 16.0 Å². The minimum atomic E-state index is -0.527. The average molecular weight is 498 g/mol. The Balaban J connectivity index is 1.25. The summed E-state index contributed by atoms with van der Waals surface area (Å²) >= 11 is 5.92. The largest absolute Gasteiger partial charge is 0.422 e. The zero-order valence-electron chi connectivity index (χ0n) is 19.7. The Labute approximate surface area is 206 Å². The van der Waals surface area contributed by atoms with Crippen molar-refractivity contribution in [2.75, 3.05) is 31.1 Å². The van der Waals surface area contributed by atoms with Gasteiger partial charge in [0.1, 0.15) is 17.3 Å². The molecule has 1 aromatic carbocycles. The second-order valence-electron chi connectivity index (χ2n) is 9.75. The molecule has 1 saturated heterocycles. The van der Waals surface area contributed by atoms with Crippen LogP contribution in [0.15, 0.2) is 41.1 Å². The summed E-state index contributed by atoms with van der Waals surface area (Å²) in [5, 5.41) is 4.73. The van der Waals surface area contributed by atoms with Gasteiger partial charge in [-0.25, -0.2) is 14.4 Å². The molecule has 4 heterocycles. The number of amides is 1. The first-order chi connectivity index (χ1) is 16.7. The van der Waals surface area contributed by atoms with Crippen LogP contribution >= 0.6 is 11.6 Å². The van der Waals surface area contributed by atoms with Crippen LogP contribution in [0.4, 0.5) is 10.4 Å². The number of hydrogen-bond acceptors (Lipinski definition) is 7. The molecule has 4 aromatic rings. The fraction of sp³-hybridized carbons (Fsp3) is 0.375. The molecule has 182 valence electrons. The summed E-state index contributed by atoms with van der Waals surface area (Å²) in [6.45, 7) is 8.91. The van der Waals surface area contributed by atoms with E-state index in [1.807, 2.05) is 4.90 Å². The smallest absolute Gasteiger partial charge is 0.300 e. The van der Waals surface area contributed by atoms with Crippen molar-refractivity contribution in [3.05, 3.63) is 53.2 Å². The van der Waals surface area contributed by atoms with Gasteiger partial charge in [-0.15, -0.1) is 0 Å². The topological polar surface area (TPSA) is 93.2 Å². The molecule has 3 aromatic heterocycles. The number of halogens is 2. The fourth-order valence-electron chi connectivity index (χ4n) is 4.01. The van der Waals surface area contributed by atoms with E-state index >= 15 is 0 Å². The number of carbonyl (C=O) groups is 1. The molecule has 0 radical (unpaired) electrons. The van der Waals surface area contributed by atoms with E-state index in [1.165, 1.54) is 6.07 Å². The number of pyridine rings is 1. The summed E-state index contributed by atoms with van der Waals surface area (Å²) in [5.41, 5.74) is 1.57.